The Kier molecular flexibility index (Phi) is 2.69. The molecule has 0 aliphatic rings. The highest BCUT2D eigenvalue weighted by Gasteiger charge is 2.10. The summed E-state index contributed by atoms with van der Waals surface area (Å²) in [5.41, 5.74) is 3.34. The minimum absolute atomic E-state index is 0.180. The van der Waals surface area contributed by atoms with Gasteiger partial charge in [-0.2, -0.15) is 10.2 Å². The van der Waals surface area contributed by atoms with Gasteiger partial charge in [0.15, 0.2) is 5.65 Å². The summed E-state index contributed by atoms with van der Waals surface area (Å²) in [6.07, 6.45) is 1.74. The van der Waals surface area contributed by atoms with E-state index in [1.807, 2.05) is 47.9 Å². The van der Waals surface area contributed by atoms with E-state index in [-0.39, 0.29) is 5.82 Å². The molecule has 0 saturated heterocycles. The summed E-state index contributed by atoms with van der Waals surface area (Å²) in [6, 6.07) is 12.0. The molecule has 19 heavy (non-hydrogen) atoms. The first-order valence-corrected chi connectivity index (χ1v) is 5.91. The van der Waals surface area contributed by atoms with Crippen molar-refractivity contribution < 1.29 is 0 Å². The van der Waals surface area contributed by atoms with E-state index in [1.165, 1.54) is 0 Å². The quantitative estimate of drug-likeness (QED) is 0.697. The molecule has 0 bridgehead atoms. The van der Waals surface area contributed by atoms with Crippen LogP contribution in [0, 0.1) is 18.3 Å². The Morgan fingerprint density at radius 2 is 2.00 bits per heavy atom. The molecule has 3 rings (SSSR count). The summed E-state index contributed by atoms with van der Waals surface area (Å²) in [4.78, 5) is 12.6. The Hall–Kier alpha value is -2.74. The third-order valence-corrected chi connectivity index (χ3v) is 2.93. The van der Waals surface area contributed by atoms with Gasteiger partial charge in [0.1, 0.15) is 11.6 Å². The summed E-state index contributed by atoms with van der Waals surface area (Å²) >= 11 is 0. The van der Waals surface area contributed by atoms with Gasteiger partial charge in [-0.25, -0.2) is 9.97 Å². The van der Waals surface area contributed by atoms with Crippen LogP contribution in [-0.2, 0) is 6.54 Å². The number of hydrogen-bond donors (Lipinski definition) is 0. The molecule has 92 valence electrons. The molecule has 0 radical (unpaired) electrons. The molecule has 3 aromatic rings. The molecule has 0 N–H and O–H groups in total. The van der Waals surface area contributed by atoms with Gasteiger partial charge in [-0.05, 0) is 12.5 Å². The Morgan fingerprint density at radius 1 is 1.21 bits per heavy atom. The second kappa shape index (κ2) is 4.50. The lowest BCUT2D eigenvalue weighted by Gasteiger charge is -2.04. The standard InChI is InChI=1S/C14H11N5/c1-10-13-14(18-12(7-15)17-10)19(9-16-13)8-11-5-3-2-4-6-11/h2-6,9H,8H2,1H3. The molecule has 0 aliphatic carbocycles. The molecule has 0 spiro atoms. The van der Waals surface area contributed by atoms with Gasteiger partial charge in [0.2, 0.25) is 5.82 Å². The maximum absolute atomic E-state index is 8.93. The number of hydrogen-bond acceptors (Lipinski definition) is 4. The van der Waals surface area contributed by atoms with E-state index in [1.54, 1.807) is 6.33 Å². The second-order valence-electron chi connectivity index (χ2n) is 4.27. The zero-order chi connectivity index (χ0) is 13.2. The first-order chi connectivity index (χ1) is 9.28. The molecule has 2 heterocycles. The van der Waals surface area contributed by atoms with E-state index < -0.39 is 0 Å². The average Bonchev–Trinajstić information content (AvgIpc) is 2.83. The predicted molar refractivity (Wildman–Crippen MR) is 70.3 cm³/mol. The van der Waals surface area contributed by atoms with Gasteiger partial charge >= 0.3 is 0 Å². The number of rotatable bonds is 2. The molecular formula is C14H11N5. The third-order valence-electron chi connectivity index (χ3n) is 2.93. The zero-order valence-corrected chi connectivity index (χ0v) is 10.4. The molecule has 0 amide bonds. The number of aryl methyl sites for hydroxylation is 1. The molecule has 1 aromatic carbocycles. The summed E-state index contributed by atoms with van der Waals surface area (Å²) in [5, 5.41) is 8.93. The maximum Gasteiger partial charge on any atom is 0.234 e. The lowest BCUT2D eigenvalue weighted by molar-refractivity contribution is 0.812. The highest BCUT2D eigenvalue weighted by atomic mass is 15.1. The van der Waals surface area contributed by atoms with Crippen molar-refractivity contribution >= 4 is 11.2 Å². The lowest BCUT2D eigenvalue weighted by Crippen LogP contribution is -2.01. The van der Waals surface area contributed by atoms with E-state index in [0.717, 1.165) is 16.8 Å². The average molecular weight is 249 g/mol. The van der Waals surface area contributed by atoms with Crippen molar-refractivity contribution in [2.24, 2.45) is 0 Å². The van der Waals surface area contributed by atoms with Crippen LogP contribution in [0.15, 0.2) is 36.7 Å². The van der Waals surface area contributed by atoms with Crippen molar-refractivity contribution in [1.29, 1.82) is 5.26 Å². The summed E-state index contributed by atoms with van der Waals surface area (Å²) < 4.78 is 1.93. The Labute approximate surface area is 110 Å². The van der Waals surface area contributed by atoms with Crippen molar-refractivity contribution in [1.82, 2.24) is 19.5 Å². The van der Waals surface area contributed by atoms with Crippen LogP contribution in [-0.4, -0.2) is 19.5 Å². The van der Waals surface area contributed by atoms with Gasteiger partial charge < -0.3 is 4.57 Å². The number of nitriles is 1. The fraction of sp³-hybridized carbons (Fsp3) is 0.143. The van der Waals surface area contributed by atoms with Crippen LogP contribution in [0.2, 0.25) is 0 Å². The minimum Gasteiger partial charge on any atom is -0.311 e. The van der Waals surface area contributed by atoms with Crippen molar-refractivity contribution in [3.63, 3.8) is 0 Å². The van der Waals surface area contributed by atoms with Crippen molar-refractivity contribution in [2.75, 3.05) is 0 Å². The fourth-order valence-corrected chi connectivity index (χ4v) is 2.03. The zero-order valence-electron chi connectivity index (χ0n) is 10.4. The third kappa shape index (κ3) is 2.04. The predicted octanol–water partition coefficient (Wildman–Crippen LogP) is 2.05. The second-order valence-corrected chi connectivity index (χ2v) is 4.27. The Bertz CT molecular complexity index is 768. The summed E-state index contributed by atoms with van der Waals surface area (Å²) in [5.74, 6) is 0.180. The van der Waals surface area contributed by atoms with E-state index >= 15 is 0 Å². The highest BCUT2D eigenvalue weighted by molar-refractivity contribution is 5.73. The molecule has 0 unspecified atom stereocenters. The van der Waals surface area contributed by atoms with Crippen LogP contribution in [0.1, 0.15) is 17.1 Å². The summed E-state index contributed by atoms with van der Waals surface area (Å²) in [6.45, 7) is 2.52. The number of imidazole rings is 1. The van der Waals surface area contributed by atoms with Crippen LogP contribution in [0.25, 0.3) is 11.2 Å². The topological polar surface area (TPSA) is 67.4 Å². The molecule has 0 aliphatic heterocycles. The number of aromatic nitrogens is 4. The molecule has 0 saturated carbocycles. The van der Waals surface area contributed by atoms with Crippen LogP contribution >= 0.6 is 0 Å². The van der Waals surface area contributed by atoms with Crippen LogP contribution < -0.4 is 0 Å². The highest BCUT2D eigenvalue weighted by Crippen LogP contribution is 2.15. The van der Waals surface area contributed by atoms with Gasteiger partial charge in [0.25, 0.3) is 0 Å². The first kappa shape index (κ1) is 11.4. The van der Waals surface area contributed by atoms with Crippen molar-refractivity contribution in [2.45, 2.75) is 13.5 Å². The van der Waals surface area contributed by atoms with Crippen LogP contribution in [0.3, 0.4) is 0 Å². The Morgan fingerprint density at radius 3 is 2.74 bits per heavy atom. The first-order valence-electron chi connectivity index (χ1n) is 5.91. The van der Waals surface area contributed by atoms with Gasteiger partial charge in [0, 0.05) is 0 Å². The molecule has 0 fully saturated rings. The fourth-order valence-electron chi connectivity index (χ4n) is 2.03. The van der Waals surface area contributed by atoms with Crippen LogP contribution in [0.4, 0.5) is 0 Å². The van der Waals surface area contributed by atoms with Crippen molar-refractivity contribution in [3.05, 3.63) is 53.7 Å². The van der Waals surface area contributed by atoms with Crippen LogP contribution in [0.5, 0.6) is 0 Å². The smallest absolute Gasteiger partial charge is 0.234 e. The Balaban J connectivity index is 2.10. The van der Waals surface area contributed by atoms with Gasteiger partial charge in [0.05, 0.1) is 18.6 Å². The molecule has 2 aromatic heterocycles. The van der Waals surface area contributed by atoms with Gasteiger partial charge in [-0.3, -0.25) is 0 Å². The normalized spacial score (nSPS) is 10.5. The monoisotopic (exact) mass is 249 g/mol. The maximum atomic E-state index is 8.93. The number of benzene rings is 1. The molecular weight excluding hydrogens is 238 g/mol. The number of nitrogens with zero attached hydrogens (tertiary/aromatic N) is 5. The van der Waals surface area contributed by atoms with Gasteiger partial charge in [-0.15, -0.1) is 0 Å². The largest absolute Gasteiger partial charge is 0.311 e. The van der Waals surface area contributed by atoms with E-state index in [4.69, 9.17) is 5.26 Å². The summed E-state index contributed by atoms with van der Waals surface area (Å²) in [7, 11) is 0. The van der Waals surface area contributed by atoms with E-state index in [9.17, 15) is 0 Å². The number of fused-ring (bicyclic) bond motifs is 1. The van der Waals surface area contributed by atoms with Crippen molar-refractivity contribution in [3.8, 4) is 6.07 Å². The van der Waals surface area contributed by atoms with E-state index in [2.05, 4.69) is 15.0 Å². The lowest BCUT2D eigenvalue weighted by atomic mass is 10.2. The minimum atomic E-state index is 0.180. The molecule has 5 nitrogen and oxygen atoms in total. The molecule has 5 heteroatoms. The van der Waals surface area contributed by atoms with Gasteiger partial charge in [-0.1, -0.05) is 30.3 Å². The molecule has 0 atom stereocenters. The van der Waals surface area contributed by atoms with E-state index in [0.29, 0.717) is 12.2 Å². The SMILES string of the molecule is Cc1nc(C#N)nc2c1ncn2Cc1ccccc1.